The normalized spacial score (nSPS) is 18.7. The SMILES string of the molecule is CCCn1c(N2CCN(C)CC2)c(/C=C2\SC(=S)N(CCOC)C2=O)c(C)c(C#N)c1=O. The minimum absolute atomic E-state index is 0.123. The number of carbonyl (C=O) groups excluding carboxylic acids is 1. The number of thiocarbonyl (C=S) groups is 1. The third kappa shape index (κ3) is 4.76. The monoisotopic (exact) mass is 475 g/mol. The number of hydrogen-bond acceptors (Lipinski definition) is 8. The molecule has 0 saturated carbocycles. The van der Waals surface area contributed by atoms with E-state index >= 15 is 0 Å². The summed E-state index contributed by atoms with van der Waals surface area (Å²) in [5, 5.41) is 9.73. The zero-order chi connectivity index (χ0) is 23.4. The van der Waals surface area contributed by atoms with Crippen LogP contribution in [0.5, 0.6) is 0 Å². The number of methoxy groups -OCH3 is 1. The summed E-state index contributed by atoms with van der Waals surface area (Å²) < 4.78 is 7.29. The number of carbonyl (C=O) groups is 1. The lowest BCUT2D eigenvalue weighted by Gasteiger charge is -2.36. The summed E-state index contributed by atoms with van der Waals surface area (Å²) in [6, 6.07) is 2.09. The number of hydrogen-bond donors (Lipinski definition) is 0. The molecule has 3 rings (SSSR count). The van der Waals surface area contributed by atoms with Crippen LogP contribution in [0.1, 0.15) is 30.0 Å². The molecular weight excluding hydrogens is 446 g/mol. The van der Waals surface area contributed by atoms with E-state index in [2.05, 4.69) is 22.9 Å². The largest absolute Gasteiger partial charge is 0.383 e. The number of piperazine rings is 1. The Kier molecular flexibility index (Phi) is 8.11. The number of ether oxygens (including phenoxy) is 1. The van der Waals surface area contributed by atoms with Crippen molar-refractivity contribution in [3.05, 3.63) is 31.9 Å². The van der Waals surface area contributed by atoms with Crippen LogP contribution in [-0.4, -0.2) is 78.1 Å². The molecule has 32 heavy (non-hydrogen) atoms. The van der Waals surface area contributed by atoms with Crippen LogP contribution in [0.25, 0.3) is 6.08 Å². The Labute approximate surface area is 198 Å². The molecule has 172 valence electrons. The maximum Gasteiger partial charge on any atom is 0.270 e. The van der Waals surface area contributed by atoms with Gasteiger partial charge in [0.15, 0.2) is 0 Å². The zero-order valence-electron chi connectivity index (χ0n) is 19.0. The Morgan fingerprint density at radius 1 is 1.22 bits per heavy atom. The fourth-order valence-corrected chi connectivity index (χ4v) is 5.23. The number of pyridine rings is 1. The molecule has 0 unspecified atom stereocenters. The lowest BCUT2D eigenvalue weighted by atomic mass is 10.0. The Balaban J connectivity index is 2.18. The summed E-state index contributed by atoms with van der Waals surface area (Å²) in [5.74, 6) is 0.608. The first kappa shape index (κ1) is 24.5. The van der Waals surface area contributed by atoms with Gasteiger partial charge in [-0.25, -0.2) is 0 Å². The number of aromatic nitrogens is 1. The van der Waals surface area contributed by atoms with Crippen LogP contribution >= 0.6 is 24.0 Å². The summed E-state index contributed by atoms with van der Waals surface area (Å²) in [4.78, 5) is 32.7. The van der Waals surface area contributed by atoms with E-state index in [1.54, 1.807) is 18.6 Å². The van der Waals surface area contributed by atoms with Crippen molar-refractivity contribution in [3.63, 3.8) is 0 Å². The van der Waals surface area contributed by atoms with E-state index < -0.39 is 0 Å². The maximum absolute atomic E-state index is 13.2. The fourth-order valence-electron chi connectivity index (χ4n) is 3.94. The second kappa shape index (κ2) is 10.6. The van der Waals surface area contributed by atoms with Crippen molar-refractivity contribution in [1.29, 1.82) is 5.26 Å². The van der Waals surface area contributed by atoms with Crippen molar-refractivity contribution < 1.29 is 9.53 Å². The molecule has 2 aliphatic heterocycles. The van der Waals surface area contributed by atoms with Gasteiger partial charge in [-0.05, 0) is 32.0 Å². The van der Waals surface area contributed by atoms with Gasteiger partial charge in [0.2, 0.25) is 0 Å². The highest BCUT2D eigenvalue weighted by atomic mass is 32.2. The quantitative estimate of drug-likeness (QED) is 0.438. The van der Waals surface area contributed by atoms with Crippen molar-refractivity contribution in [1.82, 2.24) is 14.4 Å². The Hall–Kier alpha value is -2.19. The van der Waals surface area contributed by atoms with Crippen LogP contribution in [0, 0.1) is 18.3 Å². The zero-order valence-corrected chi connectivity index (χ0v) is 20.6. The summed E-state index contributed by atoms with van der Waals surface area (Å²) in [6.07, 6.45) is 2.56. The van der Waals surface area contributed by atoms with Gasteiger partial charge in [0.1, 0.15) is 21.8 Å². The Bertz CT molecular complexity index is 1040. The summed E-state index contributed by atoms with van der Waals surface area (Å²) >= 11 is 6.66. The van der Waals surface area contributed by atoms with E-state index in [4.69, 9.17) is 17.0 Å². The second-order valence-corrected chi connectivity index (χ2v) is 9.60. The van der Waals surface area contributed by atoms with Crippen LogP contribution < -0.4 is 10.5 Å². The molecule has 0 aromatic carbocycles. The Morgan fingerprint density at radius 3 is 2.50 bits per heavy atom. The van der Waals surface area contributed by atoms with Crippen LogP contribution in [0.2, 0.25) is 0 Å². The molecule has 1 aromatic rings. The highest BCUT2D eigenvalue weighted by Gasteiger charge is 2.33. The van der Waals surface area contributed by atoms with E-state index in [0.29, 0.717) is 34.5 Å². The van der Waals surface area contributed by atoms with E-state index in [0.717, 1.165) is 44.0 Å². The molecule has 0 radical (unpaired) electrons. The van der Waals surface area contributed by atoms with E-state index in [1.165, 1.54) is 16.7 Å². The first-order chi connectivity index (χ1) is 15.3. The van der Waals surface area contributed by atoms with Gasteiger partial charge in [-0.1, -0.05) is 30.9 Å². The molecule has 8 nitrogen and oxygen atoms in total. The lowest BCUT2D eigenvalue weighted by Crippen LogP contribution is -2.47. The molecule has 2 saturated heterocycles. The van der Waals surface area contributed by atoms with Crippen LogP contribution in [-0.2, 0) is 16.1 Å². The Morgan fingerprint density at radius 2 is 1.91 bits per heavy atom. The molecule has 10 heteroatoms. The fraction of sp³-hybridized carbons (Fsp3) is 0.545. The third-order valence-corrected chi connectivity index (χ3v) is 7.14. The van der Waals surface area contributed by atoms with Gasteiger partial charge in [-0.3, -0.25) is 19.1 Å². The van der Waals surface area contributed by atoms with Crippen LogP contribution in [0.3, 0.4) is 0 Å². The average Bonchev–Trinajstić information content (AvgIpc) is 3.04. The number of anilines is 1. The molecular formula is C22H29N5O3S2. The molecule has 0 atom stereocenters. The third-order valence-electron chi connectivity index (χ3n) is 5.76. The van der Waals surface area contributed by atoms with Crippen molar-refractivity contribution >= 4 is 46.1 Å². The predicted octanol–water partition coefficient (Wildman–Crippen LogP) is 2.04. The predicted molar refractivity (Wildman–Crippen MR) is 132 cm³/mol. The van der Waals surface area contributed by atoms with Crippen LogP contribution in [0.4, 0.5) is 5.82 Å². The molecule has 2 aliphatic rings. The molecule has 3 heterocycles. The van der Waals surface area contributed by atoms with Gasteiger partial charge in [-0.15, -0.1) is 0 Å². The topological polar surface area (TPSA) is 81.8 Å². The van der Waals surface area contributed by atoms with Gasteiger partial charge in [-0.2, -0.15) is 5.26 Å². The van der Waals surface area contributed by atoms with Crippen molar-refractivity contribution in [2.75, 3.05) is 58.4 Å². The van der Waals surface area contributed by atoms with Gasteiger partial charge in [0, 0.05) is 45.4 Å². The average molecular weight is 476 g/mol. The van der Waals surface area contributed by atoms with E-state index in [1.807, 2.05) is 13.0 Å². The maximum atomic E-state index is 13.2. The highest BCUT2D eigenvalue weighted by Crippen LogP contribution is 2.36. The van der Waals surface area contributed by atoms with Crippen LogP contribution in [0.15, 0.2) is 9.70 Å². The molecule has 0 N–H and O–H groups in total. The van der Waals surface area contributed by atoms with Gasteiger partial charge < -0.3 is 14.5 Å². The molecule has 0 aliphatic carbocycles. The first-order valence-electron chi connectivity index (χ1n) is 10.7. The van der Waals surface area contributed by atoms with E-state index in [9.17, 15) is 14.9 Å². The van der Waals surface area contributed by atoms with Gasteiger partial charge >= 0.3 is 0 Å². The van der Waals surface area contributed by atoms with E-state index in [-0.39, 0.29) is 17.0 Å². The number of likely N-dealkylation sites (N-methyl/N-ethyl adjacent to an activating group) is 1. The highest BCUT2D eigenvalue weighted by molar-refractivity contribution is 8.26. The second-order valence-electron chi connectivity index (χ2n) is 7.92. The summed E-state index contributed by atoms with van der Waals surface area (Å²) in [6.45, 7) is 8.36. The lowest BCUT2D eigenvalue weighted by molar-refractivity contribution is -0.122. The number of thioether (sulfide) groups is 1. The standard InChI is InChI=1S/C22H29N5O3S2/c1-5-6-26-19(25-9-7-24(3)8-10-25)16(15(2)17(14-23)20(26)28)13-18-21(29)27(11-12-30-4)22(31)32-18/h13H,5-12H2,1-4H3/b18-13-. The summed E-state index contributed by atoms with van der Waals surface area (Å²) in [5.41, 5.74) is 1.19. The minimum Gasteiger partial charge on any atom is -0.383 e. The van der Waals surface area contributed by atoms with Gasteiger partial charge in [0.05, 0.1) is 18.1 Å². The summed E-state index contributed by atoms with van der Waals surface area (Å²) in [7, 11) is 3.66. The van der Waals surface area contributed by atoms with Crippen molar-refractivity contribution in [2.24, 2.45) is 0 Å². The number of nitrogens with zero attached hydrogens (tertiary/aromatic N) is 5. The molecule has 0 spiro atoms. The number of rotatable bonds is 7. The van der Waals surface area contributed by atoms with Crippen molar-refractivity contribution in [3.8, 4) is 6.07 Å². The number of amides is 1. The minimum atomic E-state index is -0.273. The molecule has 1 amide bonds. The molecule has 1 aromatic heterocycles. The smallest absolute Gasteiger partial charge is 0.270 e. The first-order valence-corrected chi connectivity index (χ1v) is 11.9. The van der Waals surface area contributed by atoms with Gasteiger partial charge in [0.25, 0.3) is 11.5 Å². The van der Waals surface area contributed by atoms with Crippen molar-refractivity contribution in [2.45, 2.75) is 26.8 Å². The molecule has 0 bridgehead atoms. The molecule has 2 fully saturated rings. The number of nitriles is 1.